The van der Waals surface area contributed by atoms with Crippen LogP contribution in [0.4, 0.5) is 0 Å². The highest BCUT2D eigenvalue weighted by Crippen LogP contribution is 2.38. The minimum Gasteiger partial charge on any atom is -0.377 e. The molecule has 2 fully saturated rings. The fraction of sp³-hybridized carbons (Fsp3) is 1.00. The summed E-state index contributed by atoms with van der Waals surface area (Å²) < 4.78 is 5.59. The number of nitrogens with zero attached hydrogens (tertiary/aromatic N) is 1. The number of hydrogen-bond acceptors (Lipinski definition) is 3. The van der Waals surface area contributed by atoms with Crippen LogP contribution in [0.2, 0.25) is 0 Å². The lowest BCUT2D eigenvalue weighted by atomic mass is 9.95. The Balaban J connectivity index is 1.87. The molecule has 3 unspecified atom stereocenters. The van der Waals surface area contributed by atoms with Crippen molar-refractivity contribution in [1.82, 2.24) is 4.90 Å². The van der Waals surface area contributed by atoms with Crippen molar-refractivity contribution in [3.05, 3.63) is 0 Å². The largest absolute Gasteiger partial charge is 0.377 e. The minimum atomic E-state index is -0.00292. The van der Waals surface area contributed by atoms with Gasteiger partial charge in [-0.15, -0.1) is 0 Å². The first kappa shape index (κ1) is 11.4. The minimum absolute atomic E-state index is 0.00292. The third kappa shape index (κ3) is 2.52. The summed E-state index contributed by atoms with van der Waals surface area (Å²) in [4.78, 5) is 2.40. The van der Waals surface area contributed by atoms with E-state index in [-0.39, 0.29) is 5.54 Å². The lowest BCUT2D eigenvalue weighted by Gasteiger charge is -2.34. The monoisotopic (exact) mass is 212 g/mol. The summed E-state index contributed by atoms with van der Waals surface area (Å²) in [7, 11) is 2.18. The fourth-order valence-electron chi connectivity index (χ4n) is 2.83. The van der Waals surface area contributed by atoms with Gasteiger partial charge in [-0.05, 0) is 46.1 Å². The average Bonchev–Trinajstić information content (AvgIpc) is 2.89. The highest BCUT2D eigenvalue weighted by molar-refractivity contribution is 4.98. The maximum Gasteiger partial charge on any atom is 0.0702 e. The molecule has 3 atom stereocenters. The summed E-state index contributed by atoms with van der Waals surface area (Å²) in [5.74, 6) is 0.748. The van der Waals surface area contributed by atoms with Crippen molar-refractivity contribution in [2.24, 2.45) is 11.7 Å². The molecule has 1 aliphatic carbocycles. The zero-order chi connectivity index (χ0) is 11.1. The van der Waals surface area contributed by atoms with E-state index in [2.05, 4.69) is 25.8 Å². The van der Waals surface area contributed by atoms with Gasteiger partial charge >= 0.3 is 0 Å². The predicted octanol–water partition coefficient (Wildman–Crippen LogP) is 1.22. The molecule has 3 nitrogen and oxygen atoms in total. The van der Waals surface area contributed by atoms with Crippen LogP contribution in [0.1, 0.15) is 33.1 Å². The summed E-state index contributed by atoms with van der Waals surface area (Å²) in [5, 5.41) is 0. The Morgan fingerprint density at radius 2 is 2.07 bits per heavy atom. The van der Waals surface area contributed by atoms with E-state index in [1.54, 1.807) is 0 Å². The number of ether oxygens (including phenoxy) is 1. The fourth-order valence-corrected chi connectivity index (χ4v) is 2.83. The van der Waals surface area contributed by atoms with E-state index in [4.69, 9.17) is 10.5 Å². The lowest BCUT2D eigenvalue weighted by Crippen LogP contribution is -2.52. The number of nitrogens with two attached hydrogens (primary N) is 1. The Kier molecular flexibility index (Phi) is 3.06. The van der Waals surface area contributed by atoms with Crippen molar-refractivity contribution in [1.29, 1.82) is 0 Å². The molecule has 1 saturated carbocycles. The third-order valence-corrected chi connectivity index (χ3v) is 4.00. The van der Waals surface area contributed by atoms with E-state index in [1.165, 1.54) is 12.8 Å². The second-order valence-corrected chi connectivity index (χ2v) is 5.63. The number of rotatable bonds is 4. The van der Waals surface area contributed by atoms with E-state index in [1.807, 2.05) is 0 Å². The molecular weight excluding hydrogens is 188 g/mol. The van der Waals surface area contributed by atoms with Crippen molar-refractivity contribution < 1.29 is 4.74 Å². The van der Waals surface area contributed by atoms with Crippen molar-refractivity contribution >= 4 is 0 Å². The lowest BCUT2D eigenvalue weighted by molar-refractivity contribution is 0.0747. The van der Waals surface area contributed by atoms with E-state index >= 15 is 0 Å². The predicted molar refractivity (Wildman–Crippen MR) is 61.8 cm³/mol. The van der Waals surface area contributed by atoms with Crippen molar-refractivity contribution in [3.63, 3.8) is 0 Å². The van der Waals surface area contributed by atoms with Gasteiger partial charge in [-0.3, -0.25) is 4.90 Å². The molecule has 2 aliphatic rings. The second-order valence-electron chi connectivity index (χ2n) is 5.63. The van der Waals surface area contributed by atoms with Crippen molar-refractivity contribution in [2.75, 3.05) is 20.2 Å². The highest BCUT2D eigenvalue weighted by atomic mass is 16.5. The Bertz CT molecular complexity index is 226. The standard InChI is InChI=1S/C12H24N2O/c1-9-11(6-7-15-9)14(3)8-12(2,13)10-4-5-10/h9-11H,4-8,13H2,1-3H3. The van der Waals surface area contributed by atoms with Crippen LogP contribution in [0, 0.1) is 5.92 Å². The van der Waals surface area contributed by atoms with Gasteiger partial charge in [0.05, 0.1) is 6.10 Å². The van der Waals surface area contributed by atoms with E-state index in [9.17, 15) is 0 Å². The molecule has 0 aromatic heterocycles. The van der Waals surface area contributed by atoms with Crippen LogP contribution in [-0.4, -0.2) is 42.8 Å². The molecule has 88 valence electrons. The van der Waals surface area contributed by atoms with Gasteiger partial charge < -0.3 is 10.5 Å². The molecule has 2 rings (SSSR count). The first-order chi connectivity index (χ1) is 7.00. The summed E-state index contributed by atoms with van der Waals surface area (Å²) >= 11 is 0. The van der Waals surface area contributed by atoms with Gasteiger partial charge in [-0.2, -0.15) is 0 Å². The van der Waals surface area contributed by atoms with Crippen LogP contribution in [0.3, 0.4) is 0 Å². The first-order valence-corrected chi connectivity index (χ1v) is 6.11. The van der Waals surface area contributed by atoms with E-state index < -0.39 is 0 Å². The zero-order valence-electron chi connectivity index (χ0n) is 10.2. The normalized spacial score (nSPS) is 35.8. The van der Waals surface area contributed by atoms with Gasteiger partial charge in [-0.25, -0.2) is 0 Å². The Hall–Kier alpha value is -0.120. The van der Waals surface area contributed by atoms with Crippen LogP contribution < -0.4 is 5.73 Å². The van der Waals surface area contributed by atoms with Crippen LogP contribution in [0.5, 0.6) is 0 Å². The summed E-state index contributed by atoms with van der Waals surface area (Å²) in [6, 6.07) is 0.562. The molecule has 3 heteroatoms. The topological polar surface area (TPSA) is 38.5 Å². The van der Waals surface area contributed by atoms with Crippen molar-refractivity contribution in [3.8, 4) is 0 Å². The van der Waals surface area contributed by atoms with Gasteiger partial charge in [0, 0.05) is 24.7 Å². The molecule has 0 bridgehead atoms. The molecule has 0 aromatic rings. The summed E-state index contributed by atoms with van der Waals surface area (Å²) in [6.07, 6.45) is 4.15. The average molecular weight is 212 g/mol. The Morgan fingerprint density at radius 1 is 1.40 bits per heavy atom. The van der Waals surface area contributed by atoms with Crippen LogP contribution >= 0.6 is 0 Å². The smallest absolute Gasteiger partial charge is 0.0702 e. The maximum absolute atomic E-state index is 6.35. The molecule has 0 radical (unpaired) electrons. The molecule has 0 spiro atoms. The van der Waals surface area contributed by atoms with Gasteiger partial charge in [-0.1, -0.05) is 0 Å². The van der Waals surface area contributed by atoms with Crippen LogP contribution in [-0.2, 0) is 4.74 Å². The van der Waals surface area contributed by atoms with Gasteiger partial charge in [0.25, 0.3) is 0 Å². The van der Waals surface area contributed by atoms with Gasteiger partial charge in [0.2, 0.25) is 0 Å². The second kappa shape index (κ2) is 4.04. The Labute approximate surface area is 93.0 Å². The first-order valence-electron chi connectivity index (χ1n) is 6.11. The van der Waals surface area contributed by atoms with E-state index in [0.29, 0.717) is 12.1 Å². The zero-order valence-corrected chi connectivity index (χ0v) is 10.2. The highest BCUT2D eigenvalue weighted by Gasteiger charge is 2.40. The molecular formula is C12H24N2O. The molecule has 1 heterocycles. The maximum atomic E-state index is 6.35. The molecule has 0 amide bonds. The number of likely N-dealkylation sites (N-methyl/N-ethyl adjacent to an activating group) is 1. The van der Waals surface area contributed by atoms with Crippen LogP contribution in [0.25, 0.3) is 0 Å². The molecule has 2 N–H and O–H groups in total. The quantitative estimate of drug-likeness (QED) is 0.761. The molecule has 1 saturated heterocycles. The Morgan fingerprint density at radius 3 is 2.53 bits per heavy atom. The number of hydrogen-bond donors (Lipinski definition) is 1. The van der Waals surface area contributed by atoms with Crippen LogP contribution in [0.15, 0.2) is 0 Å². The summed E-state index contributed by atoms with van der Waals surface area (Å²) in [6.45, 7) is 6.26. The summed E-state index contributed by atoms with van der Waals surface area (Å²) in [5.41, 5.74) is 6.35. The SMILES string of the molecule is CC1OCCC1N(C)CC(C)(N)C1CC1. The molecule has 15 heavy (non-hydrogen) atoms. The molecule has 1 aliphatic heterocycles. The molecule has 0 aromatic carbocycles. The van der Waals surface area contributed by atoms with E-state index in [0.717, 1.165) is 25.5 Å². The van der Waals surface area contributed by atoms with Gasteiger partial charge in [0.15, 0.2) is 0 Å². The third-order valence-electron chi connectivity index (χ3n) is 4.00. The van der Waals surface area contributed by atoms with Gasteiger partial charge in [0.1, 0.15) is 0 Å². The van der Waals surface area contributed by atoms with Crippen molar-refractivity contribution in [2.45, 2.75) is 50.8 Å².